The Morgan fingerprint density at radius 2 is 1.89 bits per heavy atom. The zero-order valence-electron chi connectivity index (χ0n) is 26.2. The molecule has 1 fully saturated rings. The number of nitrogens with zero attached hydrogens (tertiary/aromatic N) is 7. The number of benzene rings is 2. The molecule has 0 spiro atoms. The van der Waals surface area contributed by atoms with E-state index >= 15 is 0 Å². The maximum absolute atomic E-state index is 12.3. The molecule has 0 saturated carbocycles. The fourth-order valence-electron chi connectivity index (χ4n) is 5.37. The molecule has 0 amide bonds. The van der Waals surface area contributed by atoms with E-state index in [1.54, 1.807) is 30.2 Å². The summed E-state index contributed by atoms with van der Waals surface area (Å²) in [6, 6.07) is 10.5. The Morgan fingerprint density at radius 1 is 1.09 bits per heavy atom. The summed E-state index contributed by atoms with van der Waals surface area (Å²) in [7, 11) is -2.77. The van der Waals surface area contributed by atoms with Crippen LogP contribution in [-0.4, -0.2) is 76.0 Å². The zero-order valence-corrected chi connectivity index (χ0v) is 28.8. The molecule has 0 bridgehead atoms. The first kappa shape index (κ1) is 31.6. The normalized spacial score (nSPS) is 17.3. The molecule has 0 aliphatic carbocycles. The van der Waals surface area contributed by atoms with Crippen LogP contribution in [0.15, 0.2) is 48.9 Å². The molecule has 45 heavy (non-hydrogen) atoms. The van der Waals surface area contributed by atoms with Gasteiger partial charge in [0.1, 0.15) is 34.6 Å². The Hall–Kier alpha value is -3.36. The summed E-state index contributed by atoms with van der Waals surface area (Å²) in [6.07, 6.45) is 6.05. The van der Waals surface area contributed by atoms with Crippen LogP contribution in [0, 0.1) is 12.8 Å². The summed E-state index contributed by atoms with van der Waals surface area (Å²) in [4.78, 5) is 14.1. The van der Waals surface area contributed by atoms with Crippen LogP contribution in [0.5, 0.6) is 11.5 Å². The molecule has 1 saturated heterocycles. The first-order chi connectivity index (χ1) is 21.4. The van der Waals surface area contributed by atoms with E-state index in [-0.39, 0.29) is 11.7 Å². The van der Waals surface area contributed by atoms with Gasteiger partial charge in [0, 0.05) is 52.6 Å². The van der Waals surface area contributed by atoms with E-state index in [4.69, 9.17) is 26.1 Å². The van der Waals surface area contributed by atoms with Gasteiger partial charge in [0.25, 0.3) is 0 Å². The van der Waals surface area contributed by atoms with Crippen LogP contribution in [0.4, 0.5) is 0 Å². The minimum atomic E-state index is -3.22. The molecule has 5 aromatic rings. The topological polar surface area (TPSA) is 117 Å². The molecule has 1 aliphatic heterocycles. The Morgan fingerprint density at radius 3 is 2.67 bits per heavy atom. The van der Waals surface area contributed by atoms with Gasteiger partial charge in [-0.2, -0.15) is 5.10 Å². The second-order valence-corrected chi connectivity index (χ2v) is 21.0. The fraction of sp³-hybridized carbons (Fsp3) is 0.419. The summed E-state index contributed by atoms with van der Waals surface area (Å²) in [5, 5.41) is 4.82. The lowest BCUT2D eigenvalue weighted by atomic mass is 10.1. The molecule has 3 aromatic heterocycles. The van der Waals surface area contributed by atoms with Crippen molar-refractivity contribution < 1.29 is 17.9 Å². The molecule has 11 nitrogen and oxygen atoms in total. The average Bonchev–Trinajstić information content (AvgIpc) is 3.57. The second kappa shape index (κ2) is 12.4. The van der Waals surface area contributed by atoms with Gasteiger partial charge in [-0.25, -0.2) is 22.7 Å². The van der Waals surface area contributed by atoms with Crippen LogP contribution < -0.4 is 4.74 Å². The summed E-state index contributed by atoms with van der Waals surface area (Å²) in [5.41, 5.74) is 4.32. The lowest BCUT2D eigenvalue weighted by molar-refractivity contribution is 0.0885. The molecule has 6 rings (SSSR count). The lowest BCUT2D eigenvalue weighted by Gasteiger charge is -2.28. The monoisotopic (exact) mass is 667 g/mol. The maximum atomic E-state index is 12.3. The van der Waals surface area contributed by atoms with E-state index in [1.165, 1.54) is 4.31 Å². The molecular formula is C31H38ClN7O4SSi. The summed E-state index contributed by atoms with van der Waals surface area (Å²) in [6.45, 7) is 11.2. The number of imidazole rings is 1. The molecule has 2 aromatic carbocycles. The smallest absolute Gasteiger partial charge is 0.214 e. The van der Waals surface area contributed by atoms with Crippen molar-refractivity contribution in [2.24, 2.45) is 5.92 Å². The number of rotatable bonds is 10. The van der Waals surface area contributed by atoms with Gasteiger partial charge in [-0.15, -0.1) is 0 Å². The van der Waals surface area contributed by atoms with Crippen LogP contribution in [0.25, 0.3) is 33.3 Å². The first-order valence-electron chi connectivity index (χ1n) is 15.0. The van der Waals surface area contributed by atoms with Gasteiger partial charge in [0.05, 0.1) is 40.4 Å². The number of halogens is 1. The fourth-order valence-corrected chi connectivity index (χ4v) is 7.87. The quantitative estimate of drug-likeness (QED) is 0.128. The third-order valence-corrected chi connectivity index (χ3v) is 12.2. The third-order valence-electron chi connectivity index (χ3n) is 8.12. The van der Waals surface area contributed by atoms with Crippen molar-refractivity contribution in [3.63, 3.8) is 0 Å². The number of fused-ring (bicyclic) bond motifs is 2. The van der Waals surface area contributed by atoms with Crippen molar-refractivity contribution >= 4 is 51.8 Å². The van der Waals surface area contributed by atoms with Gasteiger partial charge in [-0.1, -0.05) is 31.2 Å². The number of aromatic nitrogens is 6. The maximum Gasteiger partial charge on any atom is 0.214 e. The number of sulfonamides is 1. The number of hydrogen-bond acceptors (Lipinski definition) is 8. The molecule has 1 atom stereocenters. The summed E-state index contributed by atoms with van der Waals surface area (Å²) >= 11 is 6.85. The Labute approximate surface area is 269 Å². The third kappa shape index (κ3) is 7.07. The number of hydrogen-bond donors (Lipinski definition) is 0. The van der Waals surface area contributed by atoms with Gasteiger partial charge >= 0.3 is 0 Å². The highest BCUT2D eigenvalue weighted by atomic mass is 35.5. The highest BCUT2D eigenvalue weighted by Gasteiger charge is 2.29. The van der Waals surface area contributed by atoms with Crippen molar-refractivity contribution in [3.8, 4) is 22.8 Å². The molecule has 1 unspecified atom stereocenters. The highest BCUT2D eigenvalue weighted by Crippen LogP contribution is 2.36. The summed E-state index contributed by atoms with van der Waals surface area (Å²) in [5.74, 6) is 2.08. The average molecular weight is 668 g/mol. The number of aryl methyl sites for hydroxylation is 1. The lowest BCUT2D eigenvalue weighted by Crippen LogP contribution is -2.40. The van der Waals surface area contributed by atoms with Crippen molar-refractivity contribution in [3.05, 3.63) is 59.8 Å². The standard InChI is InChI=1S/C31H38ClN7O4SSi/c1-21-35-25-7-6-24(14-28(25)39(21)20-42-12-13-45(3,4)5)43-29-9-8-26-31(30(29)32)36-27(16-33-26)23-15-34-38(18-23)17-22-10-11-37(2)44(40,41)19-22/h6-9,14-16,18,22H,10-13,17,19-20H2,1-5H3. The van der Waals surface area contributed by atoms with Crippen LogP contribution in [-0.2, 0) is 28.0 Å². The summed E-state index contributed by atoms with van der Waals surface area (Å²) < 4.78 is 42.1. The molecule has 4 heterocycles. The minimum absolute atomic E-state index is 0.0000522. The van der Waals surface area contributed by atoms with Gasteiger partial charge in [-0.3, -0.25) is 9.67 Å². The van der Waals surface area contributed by atoms with Crippen molar-refractivity contribution in [1.82, 2.24) is 33.6 Å². The zero-order chi connectivity index (χ0) is 31.9. The van der Waals surface area contributed by atoms with Crippen LogP contribution in [0.2, 0.25) is 30.7 Å². The van der Waals surface area contributed by atoms with Gasteiger partial charge < -0.3 is 14.0 Å². The second-order valence-electron chi connectivity index (χ2n) is 12.9. The SMILES string of the molecule is Cc1nc2ccc(Oc3ccc4ncc(-c5cnn(CC6CCN(C)S(=O)(=O)C6)c5)nc4c3Cl)cc2n1COCC[Si](C)(C)C. The van der Waals surface area contributed by atoms with Gasteiger partial charge in [-0.05, 0) is 49.6 Å². The Bertz CT molecular complexity index is 1970. The Kier molecular flexibility index (Phi) is 8.74. The van der Waals surface area contributed by atoms with E-state index in [0.717, 1.165) is 41.5 Å². The van der Waals surface area contributed by atoms with E-state index < -0.39 is 18.1 Å². The first-order valence-corrected chi connectivity index (χ1v) is 20.7. The van der Waals surface area contributed by atoms with E-state index in [1.807, 2.05) is 37.4 Å². The van der Waals surface area contributed by atoms with Gasteiger partial charge in [0.2, 0.25) is 10.0 Å². The Balaban J connectivity index is 1.20. The van der Waals surface area contributed by atoms with Crippen LogP contribution in [0.3, 0.4) is 0 Å². The van der Waals surface area contributed by atoms with E-state index in [2.05, 4.69) is 39.3 Å². The number of ether oxygens (including phenoxy) is 2. The molecule has 0 N–H and O–H groups in total. The van der Waals surface area contributed by atoms with Crippen LogP contribution in [0.1, 0.15) is 12.2 Å². The molecule has 238 valence electrons. The van der Waals surface area contributed by atoms with Crippen LogP contribution >= 0.6 is 11.6 Å². The molecular weight excluding hydrogens is 630 g/mol. The minimum Gasteiger partial charge on any atom is -0.456 e. The molecule has 0 radical (unpaired) electrons. The van der Waals surface area contributed by atoms with Crippen molar-refractivity contribution in [2.75, 3.05) is 26.0 Å². The van der Waals surface area contributed by atoms with E-state index in [0.29, 0.717) is 53.1 Å². The van der Waals surface area contributed by atoms with Crippen molar-refractivity contribution in [1.29, 1.82) is 0 Å². The molecule has 1 aliphatic rings. The largest absolute Gasteiger partial charge is 0.456 e. The highest BCUT2D eigenvalue weighted by molar-refractivity contribution is 7.89. The molecule has 14 heteroatoms. The van der Waals surface area contributed by atoms with E-state index in [9.17, 15) is 8.42 Å². The predicted molar refractivity (Wildman–Crippen MR) is 179 cm³/mol. The van der Waals surface area contributed by atoms with Gasteiger partial charge in [0.15, 0.2) is 0 Å². The predicted octanol–water partition coefficient (Wildman–Crippen LogP) is 6.19. The van der Waals surface area contributed by atoms with Crippen molar-refractivity contribution in [2.45, 2.75) is 52.3 Å².